The predicted molar refractivity (Wildman–Crippen MR) is 77.0 cm³/mol. The van der Waals surface area contributed by atoms with E-state index in [1.165, 1.54) is 0 Å². The molecule has 0 spiro atoms. The van der Waals surface area contributed by atoms with Crippen LogP contribution in [0.4, 0.5) is 0 Å². The summed E-state index contributed by atoms with van der Waals surface area (Å²) in [7, 11) is 0. The molecule has 1 aliphatic heterocycles. The van der Waals surface area contributed by atoms with Crippen LogP contribution in [0.2, 0.25) is 0 Å². The standard InChI is InChI=1S/C15H22N2O3/c1-12(11-17-5-7-20-8-6-17)16-10-13-3-2-4-14(9-13)15(18)19/h2-4,9,12,16H,5-8,10-11H2,1H3,(H,18,19). The van der Waals surface area contributed by atoms with Crippen molar-refractivity contribution < 1.29 is 14.6 Å². The van der Waals surface area contributed by atoms with Crippen LogP contribution in [0.5, 0.6) is 0 Å². The minimum Gasteiger partial charge on any atom is -0.478 e. The van der Waals surface area contributed by atoms with Crippen molar-refractivity contribution in [2.75, 3.05) is 32.8 Å². The molecule has 1 fully saturated rings. The van der Waals surface area contributed by atoms with Crippen molar-refractivity contribution in [3.8, 4) is 0 Å². The van der Waals surface area contributed by atoms with Gasteiger partial charge in [-0.1, -0.05) is 12.1 Å². The summed E-state index contributed by atoms with van der Waals surface area (Å²) in [6.07, 6.45) is 0. The van der Waals surface area contributed by atoms with Gasteiger partial charge in [0.05, 0.1) is 18.8 Å². The third-order valence-electron chi connectivity index (χ3n) is 3.46. The number of ether oxygens (including phenoxy) is 1. The second kappa shape index (κ2) is 7.38. The maximum absolute atomic E-state index is 10.9. The minimum atomic E-state index is -0.881. The summed E-state index contributed by atoms with van der Waals surface area (Å²) in [5.74, 6) is -0.881. The Kier molecular flexibility index (Phi) is 5.52. The van der Waals surface area contributed by atoms with Gasteiger partial charge in [0.1, 0.15) is 0 Å². The molecule has 110 valence electrons. The number of benzene rings is 1. The highest BCUT2D eigenvalue weighted by atomic mass is 16.5. The number of carboxylic acids is 1. The van der Waals surface area contributed by atoms with E-state index in [1.54, 1.807) is 18.2 Å². The molecule has 0 radical (unpaired) electrons. The summed E-state index contributed by atoms with van der Waals surface area (Å²) in [6, 6.07) is 7.43. The monoisotopic (exact) mass is 278 g/mol. The summed E-state index contributed by atoms with van der Waals surface area (Å²) in [6.45, 7) is 7.42. The van der Waals surface area contributed by atoms with E-state index in [9.17, 15) is 4.79 Å². The number of nitrogens with zero attached hydrogens (tertiary/aromatic N) is 1. The van der Waals surface area contributed by atoms with Crippen molar-refractivity contribution >= 4 is 5.97 Å². The lowest BCUT2D eigenvalue weighted by molar-refractivity contribution is 0.0343. The van der Waals surface area contributed by atoms with Crippen LogP contribution < -0.4 is 5.32 Å². The molecule has 0 aliphatic carbocycles. The zero-order chi connectivity index (χ0) is 14.4. The molecule has 1 aliphatic rings. The molecule has 1 aromatic rings. The van der Waals surface area contributed by atoms with Gasteiger partial charge in [-0.25, -0.2) is 4.79 Å². The van der Waals surface area contributed by atoms with E-state index >= 15 is 0 Å². The van der Waals surface area contributed by atoms with Gasteiger partial charge in [-0.15, -0.1) is 0 Å². The lowest BCUT2D eigenvalue weighted by atomic mass is 10.1. The normalized spacial score (nSPS) is 17.9. The number of carboxylic acid groups (broad SMARTS) is 1. The SMILES string of the molecule is CC(CN1CCOCC1)NCc1cccc(C(=O)O)c1. The fourth-order valence-electron chi connectivity index (χ4n) is 2.34. The Bertz CT molecular complexity index is 444. The maximum atomic E-state index is 10.9. The van der Waals surface area contributed by atoms with Crippen molar-refractivity contribution in [1.29, 1.82) is 0 Å². The van der Waals surface area contributed by atoms with Gasteiger partial charge in [0.25, 0.3) is 0 Å². The summed E-state index contributed by atoms with van der Waals surface area (Å²) < 4.78 is 5.33. The van der Waals surface area contributed by atoms with Gasteiger partial charge < -0.3 is 15.2 Å². The number of aromatic carboxylic acids is 1. The zero-order valence-electron chi connectivity index (χ0n) is 11.8. The van der Waals surface area contributed by atoms with Crippen LogP contribution in [0.3, 0.4) is 0 Å². The zero-order valence-corrected chi connectivity index (χ0v) is 11.8. The number of hydrogen-bond donors (Lipinski definition) is 2. The highest BCUT2D eigenvalue weighted by Crippen LogP contribution is 2.06. The quantitative estimate of drug-likeness (QED) is 0.818. The molecule has 0 amide bonds. The Labute approximate surface area is 119 Å². The van der Waals surface area contributed by atoms with Gasteiger partial charge in [-0.3, -0.25) is 4.90 Å². The van der Waals surface area contributed by atoms with Crippen molar-refractivity contribution in [1.82, 2.24) is 10.2 Å². The average molecular weight is 278 g/mol. The molecule has 1 aromatic carbocycles. The highest BCUT2D eigenvalue weighted by molar-refractivity contribution is 5.87. The molecule has 0 aromatic heterocycles. The van der Waals surface area contributed by atoms with E-state index in [4.69, 9.17) is 9.84 Å². The molecule has 0 bridgehead atoms. The predicted octanol–water partition coefficient (Wildman–Crippen LogP) is 1.20. The van der Waals surface area contributed by atoms with E-state index in [1.807, 2.05) is 6.07 Å². The van der Waals surface area contributed by atoms with E-state index in [0.29, 0.717) is 18.2 Å². The van der Waals surface area contributed by atoms with Crippen LogP contribution >= 0.6 is 0 Å². The van der Waals surface area contributed by atoms with Crippen molar-refractivity contribution in [2.24, 2.45) is 0 Å². The Morgan fingerprint density at radius 1 is 1.45 bits per heavy atom. The molecular formula is C15H22N2O3. The van der Waals surface area contributed by atoms with E-state index in [0.717, 1.165) is 38.4 Å². The lowest BCUT2D eigenvalue weighted by Crippen LogP contribution is -2.44. The second-order valence-electron chi connectivity index (χ2n) is 5.20. The third-order valence-corrected chi connectivity index (χ3v) is 3.46. The minimum absolute atomic E-state index is 0.338. The smallest absolute Gasteiger partial charge is 0.335 e. The van der Waals surface area contributed by atoms with E-state index in [2.05, 4.69) is 17.1 Å². The number of morpholine rings is 1. The summed E-state index contributed by atoms with van der Waals surface area (Å²) in [5.41, 5.74) is 1.34. The molecule has 0 saturated carbocycles. The summed E-state index contributed by atoms with van der Waals surface area (Å²) in [5, 5.41) is 12.4. The largest absolute Gasteiger partial charge is 0.478 e. The maximum Gasteiger partial charge on any atom is 0.335 e. The fourth-order valence-corrected chi connectivity index (χ4v) is 2.34. The van der Waals surface area contributed by atoms with Crippen LogP contribution in [0.1, 0.15) is 22.8 Å². The van der Waals surface area contributed by atoms with Crippen LogP contribution in [0, 0.1) is 0 Å². The Balaban J connectivity index is 1.78. The molecule has 1 unspecified atom stereocenters. The molecule has 1 heterocycles. The first-order chi connectivity index (χ1) is 9.65. The van der Waals surface area contributed by atoms with Gasteiger partial charge >= 0.3 is 5.97 Å². The number of hydrogen-bond acceptors (Lipinski definition) is 4. The van der Waals surface area contributed by atoms with Crippen LogP contribution in [0.25, 0.3) is 0 Å². The van der Waals surface area contributed by atoms with Crippen molar-refractivity contribution in [2.45, 2.75) is 19.5 Å². The van der Waals surface area contributed by atoms with E-state index < -0.39 is 5.97 Å². The molecule has 1 saturated heterocycles. The number of carbonyl (C=O) groups is 1. The van der Waals surface area contributed by atoms with E-state index in [-0.39, 0.29) is 0 Å². The van der Waals surface area contributed by atoms with Crippen LogP contribution in [-0.2, 0) is 11.3 Å². The molecular weight excluding hydrogens is 256 g/mol. The summed E-state index contributed by atoms with van der Waals surface area (Å²) >= 11 is 0. The van der Waals surface area contributed by atoms with Crippen LogP contribution in [0.15, 0.2) is 24.3 Å². The molecule has 20 heavy (non-hydrogen) atoms. The average Bonchev–Trinajstić information content (AvgIpc) is 2.46. The molecule has 2 rings (SSSR count). The Morgan fingerprint density at radius 2 is 2.20 bits per heavy atom. The van der Waals surface area contributed by atoms with Gasteiger partial charge in [-0.2, -0.15) is 0 Å². The Hall–Kier alpha value is -1.43. The lowest BCUT2D eigenvalue weighted by Gasteiger charge is -2.29. The second-order valence-corrected chi connectivity index (χ2v) is 5.20. The van der Waals surface area contributed by atoms with Gasteiger partial charge in [0.2, 0.25) is 0 Å². The van der Waals surface area contributed by atoms with Gasteiger partial charge in [-0.05, 0) is 24.6 Å². The summed E-state index contributed by atoms with van der Waals surface area (Å²) in [4.78, 5) is 13.3. The number of rotatable bonds is 6. The van der Waals surface area contributed by atoms with Crippen molar-refractivity contribution in [3.63, 3.8) is 0 Å². The molecule has 5 nitrogen and oxygen atoms in total. The molecule has 1 atom stereocenters. The first kappa shape index (κ1) is 15.0. The van der Waals surface area contributed by atoms with Gasteiger partial charge in [0, 0.05) is 32.2 Å². The topological polar surface area (TPSA) is 61.8 Å². The van der Waals surface area contributed by atoms with Crippen molar-refractivity contribution in [3.05, 3.63) is 35.4 Å². The third kappa shape index (κ3) is 4.59. The fraction of sp³-hybridized carbons (Fsp3) is 0.533. The first-order valence-electron chi connectivity index (χ1n) is 7.01. The van der Waals surface area contributed by atoms with Crippen LogP contribution in [-0.4, -0.2) is 54.9 Å². The first-order valence-corrected chi connectivity index (χ1v) is 7.01. The van der Waals surface area contributed by atoms with Gasteiger partial charge in [0.15, 0.2) is 0 Å². The molecule has 2 N–H and O–H groups in total. The molecule has 5 heteroatoms. The number of nitrogens with one attached hydrogen (secondary N) is 1. The highest BCUT2D eigenvalue weighted by Gasteiger charge is 2.13. The Morgan fingerprint density at radius 3 is 2.90 bits per heavy atom.